The van der Waals surface area contributed by atoms with Crippen LogP contribution < -0.4 is 0 Å². The second-order valence-electron chi connectivity index (χ2n) is 5.75. The van der Waals surface area contributed by atoms with Crippen LogP contribution >= 0.6 is 0 Å². The van der Waals surface area contributed by atoms with Crippen molar-refractivity contribution in [3.05, 3.63) is 22.1 Å². The van der Waals surface area contributed by atoms with Crippen LogP contribution in [-0.2, 0) is 24.3 Å². The first-order chi connectivity index (χ1) is 10.3. The maximum Gasteiger partial charge on any atom is 0.223 e. The Morgan fingerprint density at radius 2 is 2.24 bits per heavy atom. The quantitative estimate of drug-likeness (QED) is 0.478. The van der Waals surface area contributed by atoms with E-state index in [1.165, 1.54) is 6.42 Å². The van der Waals surface area contributed by atoms with E-state index in [4.69, 9.17) is 5.53 Å². The molecule has 1 atom stereocenters. The van der Waals surface area contributed by atoms with Crippen molar-refractivity contribution < 1.29 is 4.79 Å². The van der Waals surface area contributed by atoms with Crippen molar-refractivity contribution in [1.82, 2.24) is 19.7 Å². The van der Waals surface area contributed by atoms with Gasteiger partial charge in [0.05, 0.1) is 6.54 Å². The van der Waals surface area contributed by atoms with Gasteiger partial charge in [-0.25, -0.2) is 0 Å². The van der Waals surface area contributed by atoms with E-state index in [-0.39, 0.29) is 11.8 Å². The number of aryl methyl sites for hydroxylation is 1. The average Bonchev–Trinajstić information content (AvgIpc) is 2.92. The summed E-state index contributed by atoms with van der Waals surface area (Å²) in [6.45, 7) is 2.48. The van der Waals surface area contributed by atoms with E-state index in [0.717, 1.165) is 37.5 Å². The largest absolute Gasteiger partial charge is 0.335 e. The molecule has 2 aliphatic rings. The van der Waals surface area contributed by atoms with Gasteiger partial charge in [-0.3, -0.25) is 4.79 Å². The fraction of sp³-hybridized carbons (Fsp3) is 0.769. The van der Waals surface area contributed by atoms with Gasteiger partial charge in [0.15, 0.2) is 5.82 Å². The highest BCUT2D eigenvalue weighted by molar-refractivity contribution is 5.78. The molecule has 0 aliphatic carbocycles. The third kappa shape index (κ3) is 3.00. The molecule has 3 heterocycles. The lowest BCUT2D eigenvalue weighted by Gasteiger charge is -2.16. The molecule has 2 aliphatic heterocycles. The fourth-order valence-electron chi connectivity index (χ4n) is 3.11. The van der Waals surface area contributed by atoms with Gasteiger partial charge in [0.1, 0.15) is 5.82 Å². The Hall–Kier alpha value is -2.08. The van der Waals surface area contributed by atoms with Crippen molar-refractivity contribution in [2.45, 2.75) is 45.2 Å². The first-order valence-electron chi connectivity index (χ1n) is 7.47. The zero-order chi connectivity index (χ0) is 14.7. The van der Waals surface area contributed by atoms with Gasteiger partial charge in [-0.15, -0.1) is 10.2 Å². The predicted octanol–water partition coefficient (Wildman–Crippen LogP) is 1.66. The third-order valence-electron chi connectivity index (χ3n) is 4.22. The molecule has 3 rings (SSSR count). The highest BCUT2D eigenvalue weighted by Crippen LogP contribution is 2.21. The predicted molar refractivity (Wildman–Crippen MR) is 75.1 cm³/mol. The van der Waals surface area contributed by atoms with Crippen LogP contribution in [0.2, 0.25) is 0 Å². The summed E-state index contributed by atoms with van der Waals surface area (Å²) < 4.78 is 2.17. The molecule has 112 valence electrons. The Kier molecular flexibility index (Phi) is 4.06. The van der Waals surface area contributed by atoms with Gasteiger partial charge < -0.3 is 9.47 Å². The van der Waals surface area contributed by atoms with Crippen molar-refractivity contribution in [3.8, 4) is 0 Å². The van der Waals surface area contributed by atoms with Crippen molar-refractivity contribution >= 4 is 5.91 Å². The van der Waals surface area contributed by atoms with Crippen LogP contribution in [0.15, 0.2) is 5.11 Å². The lowest BCUT2D eigenvalue weighted by molar-refractivity contribution is -0.128. The Bertz CT molecular complexity index is 575. The molecular formula is C13H19N7O. The number of likely N-dealkylation sites (tertiary alicyclic amines) is 1. The van der Waals surface area contributed by atoms with Gasteiger partial charge >= 0.3 is 0 Å². The second kappa shape index (κ2) is 6.13. The number of rotatable bonds is 4. The number of azide groups is 1. The molecule has 1 amide bonds. The number of hydrogen-bond acceptors (Lipinski definition) is 4. The number of aromatic nitrogens is 3. The van der Waals surface area contributed by atoms with E-state index in [1.807, 2.05) is 0 Å². The average molecular weight is 289 g/mol. The van der Waals surface area contributed by atoms with Crippen LogP contribution in [0, 0.1) is 5.92 Å². The summed E-state index contributed by atoms with van der Waals surface area (Å²) >= 11 is 0. The molecule has 0 aromatic carbocycles. The standard InChI is InChI=1S/C13H19N7O/c14-18-15-7-10-6-13(21)19(8-10)9-12-17-16-11-4-2-1-3-5-20(11)12/h10H,1-9H2. The minimum atomic E-state index is 0.110. The lowest BCUT2D eigenvalue weighted by Crippen LogP contribution is -2.27. The molecule has 1 fully saturated rings. The van der Waals surface area contributed by atoms with Crippen LogP contribution in [0.5, 0.6) is 0 Å². The van der Waals surface area contributed by atoms with E-state index in [1.54, 1.807) is 4.90 Å². The first-order valence-corrected chi connectivity index (χ1v) is 7.47. The van der Waals surface area contributed by atoms with Gasteiger partial charge in [0.2, 0.25) is 5.91 Å². The van der Waals surface area contributed by atoms with Crippen LogP contribution in [0.3, 0.4) is 0 Å². The molecule has 1 saturated heterocycles. The maximum absolute atomic E-state index is 12.0. The molecule has 0 radical (unpaired) electrons. The smallest absolute Gasteiger partial charge is 0.223 e. The van der Waals surface area contributed by atoms with Gasteiger partial charge in [-0.2, -0.15) is 0 Å². The first kappa shape index (κ1) is 13.9. The second-order valence-corrected chi connectivity index (χ2v) is 5.75. The summed E-state index contributed by atoms with van der Waals surface area (Å²) in [7, 11) is 0. The third-order valence-corrected chi connectivity index (χ3v) is 4.22. The van der Waals surface area contributed by atoms with Crippen molar-refractivity contribution in [2.75, 3.05) is 13.1 Å². The molecule has 1 aromatic heterocycles. The van der Waals surface area contributed by atoms with Gasteiger partial charge in [0, 0.05) is 37.4 Å². The SMILES string of the molecule is [N-]=[N+]=NCC1CC(=O)N(Cc2nnc3n2CCCCC3)C1. The van der Waals surface area contributed by atoms with Crippen molar-refractivity contribution in [1.29, 1.82) is 0 Å². The number of hydrogen-bond donors (Lipinski definition) is 0. The molecule has 0 spiro atoms. The summed E-state index contributed by atoms with van der Waals surface area (Å²) in [5.41, 5.74) is 8.36. The maximum atomic E-state index is 12.0. The Labute approximate surface area is 122 Å². The minimum absolute atomic E-state index is 0.110. The molecule has 1 aromatic rings. The lowest BCUT2D eigenvalue weighted by atomic mass is 10.1. The topological polar surface area (TPSA) is 99.8 Å². The summed E-state index contributed by atoms with van der Waals surface area (Å²) in [6.07, 6.45) is 4.96. The zero-order valence-electron chi connectivity index (χ0n) is 12.0. The molecule has 8 nitrogen and oxygen atoms in total. The number of nitrogens with zero attached hydrogens (tertiary/aromatic N) is 7. The molecule has 0 saturated carbocycles. The Balaban J connectivity index is 1.68. The molecular weight excluding hydrogens is 270 g/mol. The van der Waals surface area contributed by atoms with E-state index < -0.39 is 0 Å². The van der Waals surface area contributed by atoms with Gasteiger partial charge in [-0.05, 0) is 24.3 Å². The normalized spacial score (nSPS) is 21.8. The van der Waals surface area contributed by atoms with Crippen LogP contribution in [0.4, 0.5) is 0 Å². The fourth-order valence-corrected chi connectivity index (χ4v) is 3.11. The summed E-state index contributed by atoms with van der Waals surface area (Å²) in [6, 6.07) is 0. The Morgan fingerprint density at radius 3 is 3.10 bits per heavy atom. The van der Waals surface area contributed by atoms with E-state index >= 15 is 0 Å². The summed E-state index contributed by atoms with van der Waals surface area (Å²) in [4.78, 5) is 16.6. The number of fused-ring (bicyclic) bond motifs is 1. The molecule has 8 heteroatoms. The molecule has 0 bridgehead atoms. The zero-order valence-corrected chi connectivity index (χ0v) is 12.0. The number of carbonyl (C=O) groups excluding carboxylic acids is 1. The minimum Gasteiger partial charge on any atom is -0.335 e. The molecule has 21 heavy (non-hydrogen) atoms. The van der Waals surface area contributed by atoms with E-state index in [0.29, 0.717) is 26.1 Å². The highest BCUT2D eigenvalue weighted by Gasteiger charge is 2.30. The van der Waals surface area contributed by atoms with Crippen LogP contribution in [0.1, 0.15) is 37.3 Å². The number of carbonyl (C=O) groups is 1. The number of amides is 1. The van der Waals surface area contributed by atoms with E-state index in [2.05, 4.69) is 24.8 Å². The van der Waals surface area contributed by atoms with Crippen molar-refractivity contribution in [2.24, 2.45) is 11.0 Å². The van der Waals surface area contributed by atoms with E-state index in [9.17, 15) is 4.79 Å². The monoisotopic (exact) mass is 289 g/mol. The van der Waals surface area contributed by atoms with Gasteiger partial charge in [-0.1, -0.05) is 11.5 Å². The molecule has 1 unspecified atom stereocenters. The summed E-state index contributed by atoms with van der Waals surface area (Å²) in [5, 5.41) is 12.1. The molecule has 0 N–H and O–H groups in total. The summed E-state index contributed by atoms with van der Waals surface area (Å²) in [5.74, 6) is 2.16. The van der Waals surface area contributed by atoms with Crippen LogP contribution in [0.25, 0.3) is 10.4 Å². The highest BCUT2D eigenvalue weighted by atomic mass is 16.2. The van der Waals surface area contributed by atoms with Gasteiger partial charge in [0.25, 0.3) is 0 Å². The Morgan fingerprint density at radius 1 is 1.33 bits per heavy atom. The van der Waals surface area contributed by atoms with Crippen molar-refractivity contribution in [3.63, 3.8) is 0 Å². The van der Waals surface area contributed by atoms with Crippen LogP contribution in [-0.4, -0.2) is 38.7 Å².